The highest BCUT2D eigenvalue weighted by atomic mass is 16.1. The maximum atomic E-state index is 10.9. The van der Waals surface area contributed by atoms with Gasteiger partial charge in [0.05, 0.1) is 0 Å². The first kappa shape index (κ1) is 7.54. The van der Waals surface area contributed by atoms with Gasteiger partial charge < -0.3 is 11.1 Å². The van der Waals surface area contributed by atoms with E-state index in [0.29, 0.717) is 24.9 Å². The van der Waals surface area contributed by atoms with Crippen molar-refractivity contribution in [3.63, 3.8) is 0 Å². The maximum absolute atomic E-state index is 10.9. The normalized spacial score (nSPS) is 33.6. The summed E-state index contributed by atoms with van der Waals surface area (Å²) in [5.41, 5.74) is 5.45. The minimum atomic E-state index is 0.147. The van der Waals surface area contributed by atoms with E-state index in [9.17, 15) is 4.79 Å². The van der Waals surface area contributed by atoms with Crippen molar-refractivity contribution in [2.75, 3.05) is 6.54 Å². The van der Waals surface area contributed by atoms with Crippen molar-refractivity contribution in [3.05, 3.63) is 0 Å². The first-order valence-corrected chi connectivity index (χ1v) is 3.71. The Morgan fingerprint density at radius 1 is 1.80 bits per heavy atom. The van der Waals surface area contributed by atoms with Crippen molar-refractivity contribution in [1.82, 2.24) is 5.32 Å². The van der Waals surface area contributed by atoms with E-state index < -0.39 is 0 Å². The summed E-state index contributed by atoms with van der Waals surface area (Å²) < 4.78 is 0. The minimum absolute atomic E-state index is 0.147. The van der Waals surface area contributed by atoms with Crippen molar-refractivity contribution in [2.24, 2.45) is 11.7 Å². The Morgan fingerprint density at radius 2 is 2.50 bits per heavy atom. The van der Waals surface area contributed by atoms with E-state index in [1.807, 2.05) is 6.92 Å². The zero-order valence-electron chi connectivity index (χ0n) is 6.26. The summed E-state index contributed by atoms with van der Waals surface area (Å²) in [5, 5.41) is 2.85. The molecule has 0 unspecified atom stereocenters. The predicted octanol–water partition coefficient (Wildman–Crippen LogP) is -0.140. The summed E-state index contributed by atoms with van der Waals surface area (Å²) in [6.45, 7) is 2.65. The van der Waals surface area contributed by atoms with Gasteiger partial charge in [-0.1, -0.05) is 0 Å². The van der Waals surface area contributed by atoms with E-state index >= 15 is 0 Å². The zero-order valence-corrected chi connectivity index (χ0v) is 6.26. The Hall–Kier alpha value is -0.570. The number of hydrogen-bond acceptors (Lipinski definition) is 2. The number of hydrogen-bond donors (Lipinski definition) is 2. The lowest BCUT2D eigenvalue weighted by molar-refractivity contribution is -0.124. The van der Waals surface area contributed by atoms with E-state index in [0.717, 1.165) is 6.42 Å². The molecule has 1 fully saturated rings. The molecule has 1 aliphatic rings. The Morgan fingerprint density at radius 3 is 3.00 bits per heavy atom. The van der Waals surface area contributed by atoms with Crippen LogP contribution in [-0.4, -0.2) is 18.5 Å². The molecule has 0 aliphatic carbocycles. The van der Waals surface area contributed by atoms with Crippen LogP contribution in [0.1, 0.15) is 19.8 Å². The molecule has 10 heavy (non-hydrogen) atoms. The number of nitrogens with one attached hydrogen (secondary N) is 1. The lowest BCUT2D eigenvalue weighted by atomic mass is 9.93. The van der Waals surface area contributed by atoms with Gasteiger partial charge in [-0.3, -0.25) is 4.79 Å². The highest BCUT2D eigenvalue weighted by Gasteiger charge is 2.21. The highest BCUT2D eigenvalue weighted by molar-refractivity contribution is 5.77. The van der Waals surface area contributed by atoms with Crippen LogP contribution in [-0.2, 0) is 4.79 Å². The molecule has 1 rings (SSSR count). The molecule has 2 atom stereocenters. The van der Waals surface area contributed by atoms with Crippen LogP contribution in [0.4, 0.5) is 0 Å². The molecule has 1 saturated heterocycles. The van der Waals surface area contributed by atoms with Gasteiger partial charge in [-0.2, -0.15) is 0 Å². The van der Waals surface area contributed by atoms with Crippen molar-refractivity contribution >= 4 is 5.91 Å². The molecule has 0 bridgehead atoms. The summed E-state index contributed by atoms with van der Waals surface area (Å²) in [6, 6.07) is 0.315. The van der Waals surface area contributed by atoms with Crippen LogP contribution in [0, 0.1) is 5.92 Å². The molecule has 0 saturated carbocycles. The molecule has 3 heteroatoms. The van der Waals surface area contributed by atoms with Gasteiger partial charge in [-0.15, -0.1) is 0 Å². The molecule has 1 aliphatic heterocycles. The fourth-order valence-electron chi connectivity index (χ4n) is 1.42. The van der Waals surface area contributed by atoms with E-state index in [4.69, 9.17) is 5.73 Å². The first-order chi connectivity index (χ1) is 4.72. The predicted molar refractivity (Wildman–Crippen MR) is 39.4 cm³/mol. The monoisotopic (exact) mass is 142 g/mol. The molecular weight excluding hydrogens is 128 g/mol. The Bertz CT molecular complexity index is 136. The van der Waals surface area contributed by atoms with Crippen molar-refractivity contribution in [2.45, 2.75) is 25.8 Å². The molecule has 0 spiro atoms. The van der Waals surface area contributed by atoms with Gasteiger partial charge >= 0.3 is 0 Å². The highest BCUT2D eigenvalue weighted by Crippen LogP contribution is 2.14. The van der Waals surface area contributed by atoms with Gasteiger partial charge in [-0.25, -0.2) is 0 Å². The Kier molecular flexibility index (Phi) is 2.27. The SMILES string of the molecule is C[C@H]1C[C@@H](CN)CC(=O)N1. The quantitative estimate of drug-likeness (QED) is 0.535. The van der Waals surface area contributed by atoms with E-state index in [2.05, 4.69) is 5.32 Å². The second-order valence-corrected chi connectivity index (χ2v) is 3.01. The Balaban J connectivity index is 2.42. The average molecular weight is 142 g/mol. The summed E-state index contributed by atoms with van der Waals surface area (Å²) in [6.07, 6.45) is 1.64. The van der Waals surface area contributed by atoms with Gasteiger partial charge in [0.1, 0.15) is 0 Å². The van der Waals surface area contributed by atoms with Crippen LogP contribution >= 0.6 is 0 Å². The average Bonchev–Trinajstić information content (AvgIpc) is 1.85. The van der Waals surface area contributed by atoms with Crippen molar-refractivity contribution < 1.29 is 4.79 Å². The molecule has 58 valence electrons. The van der Waals surface area contributed by atoms with Crippen LogP contribution in [0.2, 0.25) is 0 Å². The van der Waals surface area contributed by atoms with E-state index in [-0.39, 0.29) is 5.91 Å². The Labute approximate surface area is 61.0 Å². The maximum Gasteiger partial charge on any atom is 0.220 e. The molecule has 1 heterocycles. The third kappa shape index (κ3) is 1.70. The molecule has 3 nitrogen and oxygen atoms in total. The fourth-order valence-corrected chi connectivity index (χ4v) is 1.42. The summed E-state index contributed by atoms with van der Waals surface area (Å²) in [5.74, 6) is 0.554. The summed E-state index contributed by atoms with van der Waals surface area (Å²) in [7, 11) is 0. The van der Waals surface area contributed by atoms with Gasteiger partial charge in [-0.05, 0) is 25.8 Å². The van der Waals surface area contributed by atoms with Crippen molar-refractivity contribution in [1.29, 1.82) is 0 Å². The lowest BCUT2D eigenvalue weighted by Crippen LogP contribution is -2.42. The fraction of sp³-hybridized carbons (Fsp3) is 0.857. The van der Waals surface area contributed by atoms with Crippen LogP contribution < -0.4 is 11.1 Å². The van der Waals surface area contributed by atoms with E-state index in [1.165, 1.54) is 0 Å². The van der Waals surface area contributed by atoms with Crippen LogP contribution in [0.3, 0.4) is 0 Å². The molecule has 1 amide bonds. The molecule has 0 radical (unpaired) electrons. The zero-order chi connectivity index (χ0) is 7.56. The van der Waals surface area contributed by atoms with Crippen LogP contribution in [0.5, 0.6) is 0 Å². The molecule has 0 aromatic heterocycles. The van der Waals surface area contributed by atoms with E-state index in [1.54, 1.807) is 0 Å². The lowest BCUT2D eigenvalue weighted by Gasteiger charge is -2.26. The van der Waals surface area contributed by atoms with Gasteiger partial charge in [0.2, 0.25) is 5.91 Å². The summed E-state index contributed by atoms with van der Waals surface area (Å²) >= 11 is 0. The molecular formula is C7H14N2O. The van der Waals surface area contributed by atoms with Gasteiger partial charge in [0.25, 0.3) is 0 Å². The number of amides is 1. The number of carbonyl (C=O) groups excluding carboxylic acids is 1. The second kappa shape index (κ2) is 3.01. The number of nitrogens with two attached hydrogens (primary N) is 1. The number of piperidine rings is 1. The number of rotatable bonds is 1. The van der Waals surface area contributed by atoms with Gasteiger partial charge in [0, 0.05) is 12.5 Å². The van der Waals surface area contributed by atoms with Crippen molar-refractivity contribution in [3.8, 4) is 0 Å². The topological polar surface area (TPSA) is 55.1 Å². The minimum Gasteiger partial charge on any atom is -0.354 e. The van der Waals surface area contributed by atoms with Gasteiger partial charge in [0.15, 0.2) is 0 Å². The standard InChI is InChI=1S/C7H14N2O/c1-5-2-6(4-8)3-7(10)9-5/h5-6H,2-4,8H2,1H3,(H,9,10)/t5-,6+/m0/s1. The van der Waals surface area contributed by atoms with Crippen LogP contribution in [0.15, 0.2) is 0 Å². The largest absolute Gasteiger partial charge is 0.354 e. The third-order valence-corrected chi connectivity index (χ3v) is 1.90. The first-order valence-electron chi connectivity index (χ1n) is 3.71. The molecule has 0 aromatic carbocycles. The summed E-state index contributed by atoms with van der Waals surface area (Å²) in [4.78, 5) is 10.9. The second-order valence-electron chi connectivity index (χ2n) is 3.01. The smallest absolute Gasteiger partial charge is 0.220 e. The molecule has 0 aromatic rings. The number of carbonyl (C=O) groups is 1. The third-order valence-electron chi connectivity index (χ3n) is 1.90. The van der Waals surface area contributed by atoms with Crippen LogP contribution in [0.25, 0.3) is 0 Å². The molecule has 3 N–H and O–H groups in total.